The highest BCUT2D eigenvalue weighted by molar-refractivity contribution is 8.01. The van der Waals surface area contributed by atoms with Gasteiger partial charge in [-0.05, 0) is 17.9 Å². The van der Waals surface area contributed by atoms with E-state index in [1.165, 1.54) is 4.21 Å². The quantitative estimate of drug-likeness (QED) is 0.736. The third-order valence-corrected chi connectivity index (χ3v) is 4.38. The van der Waals surface area contributed by atoms with Crippen molar-refractivity contribution in [2.45, 2.75) is 17.1 Å². The molecular weight excluding hydrogens is 214 g/mol. The van der Waals surface area contributed by atoms with Crippen LogP contribution < -0.4 is 0 Å². The summed E-state index contributed by atoms with van der Waals surface area (Å²) in [6.07, 6.45) is 1.80. The predicted octanol–water partition coefficient (Wildman–Crippen LogP) is 2.46. The highest BCUT2D eigenvalue weighted by atomic mass is 32.2. The first-order valence-corrected chi connectivity index (χ1v) is 6.67. The van der Waals surface area contributed by atoms with Crippen molar-refractivity contribution in [1.82, 2.24) is 4.90 Å². The van der Waals surface area contributed by atoms with Gasteiger partial charge in [0.1, 0.15) is 0 Å². The molecule has 2 heterocycles. The Hall–Kier alpha value is -0.480. The number of hydrogen-bond donors (Lipinski definition) is 0. The van der Waals surface area contributed by atoms with E-state index >= 15 is 0 Å². The topological polar surface area (TPSA) is 20.3 Å². The molecule has 76 valence electrons. The summed E-state index contributed by atoms with van der Waals surface area (Å²) in [6, 6.07) is 4.19. The third kappa shape index (κ3) is 2.51. The largest absolute Gasteiger partial charge is 0.342 e. The van der Waals surface area contributed by atoms with Gasteiger partial charge >= 0.3 is 0 Å². The van der Waals surface area contributed by atoms with Gasteiger partial charge < -0.3 is 4.90 Å². The maximum Gasteiger partial charge on any atom is 0.222 e. The molecule has 0 atom stereocenters. The standard InChI is InChI=1S/C10H13NOS2/c12-9-3-1-5-11(9)6-8-14-10-4-2-7-13-10/h2,4,7H,1,3,5-6,8H2. The van der Waals surface area contributed by atoms with Crippen LogP contribution in [-0.4, -0.2) is 29.6 Å². The zero-order valence-electron chi connectivity index (χ0n) is 7.94. The van der Waals surface area contributed by atoms with Crippen LogP contribution in [0.4, 0.5) is 0 Å². The fraction of sp³-hybridized carbons (Fsp3) is 0.500. The number of carbonyl (C=O) groups excluding carboxylic acids is 1. The Kier molecular flexibility index (Phi) is 3.48. The average Bonchev–Trinajstić information content (AvgIpc) is 2.78. The van der Waals surface area contributed by atoms with Crippen molar-refractivity contribution in [3.05, 3.63) is 17.5 Å². The van der Waals surface area contributed by atoms with E-state index in [1.807, 2.05) is 16.7 Å². The van der Waals surface area contributed by atoms with Crippen LogP contribution in [0.2, 0.25) is 0 Å². The second-order valence-electron chi connectivity index (χ2n) is 3.26. The molecule has 1 aliphatic rings. The average molecular weight is 227 g/mol. The molecule has 2 rings (SSSR count). The smallest absolute Gasteiger partial charge is 0.222 e. The van der Waals surface area contributed by atoms with E-state index < -0.39 is 0 Å². The summed E-state index contributed by atoms with van der Waals surface area (Å²) in [5.41, 5.74) is 0. The van der Waals surface area contributed by atoms with Crippen LogP contribution in [-0.2, 0) is 4.79 Å². The summed E-state index contributed by atoms with van der Waals surface area (Å²) < 4.78 is 1.34. The first-order chi connectivity index (χ1) is 6.86. The van der Waals surface area contributed by atoms with Crippen LogP contribution in [0, 0.1) is 0 Å². The van der Waals surface area contributed by atoms with Gasteiger partial charge in [-0.15, -0.1) is 23.1 Å². The van der Waals surface area contributed by atoms with Crippen LogP contribution >= 0.6 is 23.1 Å². The molecular formula is C10H13NOS2. The molecule has 0 N–H and O–H groups in total. The molecule has 0 spiro atoms. The lowest BCUT2D eigenvalue weighted by Gasteiger charge is -2.14. The van der Waals surface area contributed by atoms with Gasteiger partial charge in [0.25, 0.3) is 0 Å². The highest BCUT2D eigenvalue weighted by Crippen LogP contribution is 2.23. The van der Waals surface area contributed by atoms with Crippen molar-refractivity contribution in [2.24, 2.45) is 0 Å². The Morgan fingerprint density at radius 1 is 1.57 bits per heavy atom. The van der Waals surface area contributed by atoms with E-state index in [4.69, 9.17) is 0 Å². The van der Waals surface area contributed by atoms with Crippen molar-refractivity contribution in [1.29, 1.82) is 0 Å². The normalized spacial score (nSPS) is 16.6. The Bertz CT molecular complexity index is 297. The number of carbonyl (C=O) groups is 1. The summed E-state index contributed by atoms with van der Waals surface area (Å²) in [7, 11) is 0. The molecule has 0 unspecified atom stereocenters. The number of hydrogen-bond acceptors (Lipinski definition) is 3. The molecule has 1 aromatic heterocycles. The van der Waals surface area contributed by atoms with E-state index in [9.17, 15) is 4.79 Å². The monoisotopic (exact) mass is 227 g/mol. The number of nitrogens with zero attached hydrogens (tertiary/aromatic N) is 1. The highest BCUT2D eigenvalue weighted by Gasteiger charge is 2.19. The first-order valence-electron chi connectivity index (χ1n) is 4.80. The Morgan fingerprint density at radius 2 is 2.50 bits per heavy atom. The zero-order chi connectivity index (χ0) is 9.80. The fourth-order valence-electron chi connectivity index (χ4n) is 1.54. The van der Waals surface area contributed by atoms with E-state index in [-0.39, 0.29) is 0 Å². The summed E-state index contributed by atoms with van der Waals surface area (Å²) >= 11 is 3.61. The van der Waals surface area contributed by atoms with E-state index in [1.54, 1.807) is 11.3 Å². The van der Waals surface area contributed by atoms with Crippen molar-refractivity contribution in [3.8, 4) is 0 Å². The number of rotatable bonds is 4. The van der Waals surface area contributed by atoms with Gasteiger partial charge in [0.2, 0.25) is 5.91 Å². The van der Waals surface area contributed by atoms with Gasteiger partial charge in [-0.25, -0.2) is 0 Å². The zero-order valence-corrected chi connectivity index (χ0v) is 9.57. The lowest BCUT2D eigenvalue weighted by molar-refractivity contribution is -0.127. The van der Waals surface area contributed by atoms with Crippen molar-refractivity contribution in [2.75, 3.05) is 18.8 Å². The number of amides is 1. The van der Waals surface area contributed by atoms with E-state index in [0.717, 1.165) is 31.7 Å². The van der Waals surface area contributed by atoms with Gasteiger partial charge in [0, 0.05) is 25.3 Å². The van der Waals surface area contributed by atoms with Crippen LogP contribution in [0.1, 0.15) is 12.8 Å². The molecule has 1 aromatic rings. The summed E-state index contributed by atoms with van der Waals surface area (Å²) in [6.45, 7) is 1.87. The number of thioether (sulfide) groups is 1. The molecule has 1 saturated heterocycles. The molecule has 14 heavy (non-hydrogen) atoms. The minimum atomic E-state index is 0.330. The molecule has 1 fully saturated rings. The minimum Gasteiger partial charge on any atom is -0.342 e. The molecule has 2 nitrogen and oxygen atoms in total. The van der Waals surface area contributed by atoms with Crippen molar-refractivity contribution in [3.63, 3.8) is 0 Å². The Labute approximate surface area is 92.3 Å². The molecule has 1 aliphatic heterocycles. The molecule has 0 bridgehead atoms. The molecule has 0 saturated carbocycles. The van der Waals surface area contributed by atoms with Gasteiger partial charge in [0.15, 0.2) is 0 Å². The summed E-state index contributed by atoms with van der Waals surface area (Å²) in [5.74, 6) is 1.35. The molecule has 0 aromatic carbocycles. The van der Waals surface area contributed by atoms with E-state index in [2.05, 4.69) is 17.5 Å². The van der Waals surface area contributed by atoms with Crippen molar-refractivity contribution >= 4 is 29.0 Å². The second kappa shape index (κ2) is 4.84. The lowest BCUT2D eigenvalue weighted by Crippen LogP contribution is -2.26. The summed E-state index contributed by atoms with van der Waals surface area (Å²) in [5, 5.41) is 2.09. The van der Waals surface area contributed by atoms with Gasteiger partial charge in [-0.2, -0.15) is 0 Å². The Morgan fingerprint density at radius 3 is 3.14 bits per heavy atom. The van der Waals surface area contributed by atoms with Crippen LogP contribution in [0.5, 0.6) is 0 Å². The molecule has 1 amide bonds. The number of likely N-dealkylation sites (tertiary alicyclic amines) is 1. The summed E-state index contributed by atoms with van der Waals surface area (Å²) in [4.78, 5) is 13.3. The van der Waals surface area contributed by atoms with Gasteiger partial charge in [0.05, 0.1) is 4.21 Å². The molecule has 0 aliphatic carbocycles. The fourth-order valence-corrected chi connectivity index (χ4v) is 3.37. The van der Waals surface area contributed by atoms with Gasteiger partial charge in [-0.1, -0.05) is 6.07 Å². The Balaban J connectivity index is 1.70. The molecule has 0 radical (unpaired) electrons. The van der Waals surface area contributed by atoms with E-state index in [0.29, 0.717) is 5.91 Å². The number of thiophene rings is 1. The molecule has 4 heteroatoms. The second-order valence-corrected chi connectivity index (χ2v) is 5.61. The maximum absolute atomic E-state index is 11.3. The SMILES string of the molecule is O=C1CCCN1CCSc1cccs1. The third-order valence-electron chi connectivity index (χ3n) is 2.27. The minimum absolute atomic E-state index is 0.330. The van der Waals surface area contributed by atoms with Crippen LogP contribution in [0.15, 0.2) is 21.7 Å². The lowest BCUT2D eigenvalue weighted by atomic mass is 10.4. The van der Waals surface area contributed by atoms with Crippen LogP contribution in [0.25, 0.3) is 0 Å². The van der Waals surface area contributed by atoms with Gasteiger partial charge in [-0.3, -0.25) is 4.79 Å². The van der Waals surface area contributed by atoms with Crippen LogP contribution in [0.3, 0.4) is 0 Å². The first kappa shape index (κ1) is 10.1. The van der Waals surface area contributed by atoms with Crippen molar-refractivity contribution < 1.29 is 4.79 Å². The maximum atomic E-state index is 11.3. The predicted molar refractivity (Wildman–Crippen MR) is 60.9 cm³/mol.